The van der Waals surface area contributed by atoms with Crippen molar-refractivity contribution in [3.8, 4) is 11.5 Å². The summed E-state index contributed by atoms with van der Waals surface area (Å²) in [5, 5.41) is 6.37. The Balaban J connectivity index is 1.59. The topological polar surface area (TPSA) is 59.4 Å². The zero-order valence-corrected chi connectivity index (χ0v) is 18.0. The van der Waals surface area contributed by atoms with Crippen molar-refractivity contribution >= 4 is 39.8 Å². The molecule has 1 atom stereocenters. The van der Waals surface area contributed by atoms with Crippen LogP contribution in [0.1, 0.15) is 25.5 Å². The predicted octanol–water partition coefficient (Wildman–Crippen LogP) is 6.61. The minimum absolute atomic E-state index is 0.284. The molecule has 1 unspecified atom stereocenters. The van der Waals surface area contributed by atoms with Gasteiger partial charge in [-0.15, -0.1) is 23.1 Å². The number of thiazole rings is 1. The van der Waals surface area contributed by atoms with E-state index >= 15 is 0 Å². The standard InChI is InChI=1S/C22H22N4OS2/c1-15-14-28-22(25-15)26-21-20(27-17-8-4-3-5-9-17)12-18(13-24-21)29-16(2)19-10-6-7-11-23-19/h3-5,7-9,11-14,16H,6,10H2,1-2H3,(H,24,25,26). The van der Waals surface area contributed by atoms with Gasteiger partial charge in [-0.2, -0.15) is 0 Å². The Hall–Kier alpha value is -2.64. The summed E-state index contributed by atoms with van der Waals surface area (Å²) in [6.07, 6.45) is 7.95. The van der Waals surface area contributed by atoms with Gasteiger partial charge in [-0.3, -0.25) is 4.99 Å². The van der Waals surface area contributed by atoms with Crippen LogP contribution in [-0.4, -0.2) is 20.9 Å². The fraction of sp³-hybridized carbons (Fsp3) is 0.227. The molecule has 7 heteroatoms. The molecule has 4 rings (SSSR count). The quantitative estimate of drug-likeness (QED) is 0.434. The Morgan fingerprint density at radius 3 is 2.83 bits per heavy atom. The number of allylic oxidation sites excluding steroid dienone is 1. The number of anilines is 2. The summed E-state index contributed by atoms with van der Waals surface area (Å²) in [7, 11) is 0. The molecule has 148 valence electrons. The average molecular weight is 423 g/mol. The number of aryl methyl sites for hydroxylation is 1. The molecule has 1 aliphatic rings. The monoisotopic (exact) mass is 422 g/mol. The van der Waals surface area contributed by atoms with Gasteiger partial charge in [0.1, 0.15) is 5.75 Å². The van der Waals surface area contributed by atoms with E-state index < -0.39 is 0 Å². The van der Waals surface area contributed by atoms with E-state index in [0.717, 1.165) is 34.3 Å². The van der Waals surface area contributed by atoms with Crippen LogP contribution in [-0.2, 0) is 0 Å². The Bertz CT molecular complexity index is 1030. The van der Waals surface area contributed by atoms with E-state index in [9.17, 15) is 0 Å². The van der Waals surface area contributed by atoms with Gasteiger partial charge >= 0.3 is 0 Å². The molecule has 1 aliphatic heterocycles. The fourth-order valence-corrected chi connectivity index (χ4v) is 4.59. The Morgan fingerprint density at radius 1 is 1.24 bits per heavy atom. The second kappa shape index (κ2) is 9.24. The van der Waals surface area contributed by atoms with Gasteiger partial charge in [-0.25, -0.2) is 9.97 Å². The maximum absolute atomic E-state index is 6.15. The van der Waals surface area contributed by atoms with Gasteiger partial charge in [0.05, 0.1) is 5.69 Å². The van der Waals surface area contributed by atoms with Crippen molar-refractivity contribution in [3.05, 3.63) is 65.9 Å². The van der Waals surface area contributed by atoms with E-state index in [4.69, 9.17) is 4.74 Å². The number of ether oxygens (including phenoxy) is 1. The van der Waals surface area contributed by atoms with E-state index in [1.54, 1.807) is 23.1 Å². The Labute approximate surface area is 179 Å². The van der Waals surface area contributed by atoms with Crippen LogP contribution >= 0.6 is 23.1 Å². The zero-order valence-electron chi connectivity index (χ0n) is 16.3. The highest BCUT2D eigenvalue weighted by Gasteiger charge is 2.16. The molecule has 5 nitrogen and oxygen atoms in total. The lowest BCUT2D eigenvalue weighted by atomic mass is 10.1. The molecular formula is C22H22N4OS2. The molecule has 0 radical (unpaired) electrons. The number of hydrogen-bond acceptors (Lipinski definition) is 7. The van der Waals surface area contributed by atoms with Crippen molar-refractivity contribution in [2.75, 3.05) is 5.32 Å². The number of para-hydroxylation sites is 1. The van der Waals surface area contributed by atoms with Gasteiger partial charge in [0, 0.05) is 33.6 Å². The number of aliphatic imine (C=N–C) groups is 1. The van der Waals surface area contributed by atoms with Crippen molar-refractivity contribution in [2.24, 2.45) is 4.99 Å². The lowest BCUT2D eigenvalue weighted by molar-refractivity contribution is 0.481. The zero-order chi connectivity index (χ0) is 20.1. The van der Waals surface area contributed by atoms with Crippen molar-refractivity contribution in [1.29, 1.82) is 0 Å². The number of aromatic nitrogens is 2. The summed E-state index contributed by atoms with van der Waals surface area (Å²) in [5.74, 6) is 2.09. The molecule has 3 aromatic rings. The summed E-state index contributed by atoms with van der Waals surface area (Å²) in [4.78, 5) is 14.7. The number of thioether (sulfide) groups is 1. The van der Waals surface area contributed by atoms with Gasteiger partial charge < -0.3 is 10.1 Å². The Kier molecular flexibility index (Phi) is 6.27. The van der Waals surface area contributed by atoms with Crippen LogP contribution in [0.5, 0.6) is 11.5 Å². The van der Waals surface area contributed by atoms with Gasteiger partial charge in [-0.05, 0) is 44.9 Å². The average Bonchev–Trinajstić information content (AvgIpc) is 3.16. The molecule has 0 spiro atoms. The van der Waals surface area contributed by atoms with E-state index in [1.165, 1.54) is 5.71 Å². The molecule has 29 heavy (non-hydrogen) atoms. The Morgan fingerprint density at radius 2 is 2.10 bits per heavy atom. The summed E-state index contributed by atoms with van der Waals surface area (Å²) < 4.78 is 6.15. The number of nitrogens with one attached hydrogen (secondary N) is 1. The molecule has 0 amide bonds. The van der Waals surface area contributed by atoms with Crippen molar-refractivity contribution in [1.82, 2.24) is 9.97 Å². The second-order valence-electron chi connectivity index (χ2n) is 6.66. The van der Waals surface area contributed by atoms with Crippen LogP contribution in [0.2, 0.25) is 0 Å². The van der Waals surface area contributed by atoms with Crippen LogP contribution in [0.3, 0.4) is 0 Å². The minimum Gasteiger partial charge on any atom is -0.453 e. The summed E-state index contributed by atoms with van der Waals surface area (Å²) >= 11 is 3.29. The van der Waals surface area contributed by atoms with Crippen LogP contribution in [0.4, 0.5) is 10.9 Å². The third-order valence-corrected chi connectivity index (χ3v) is 6.33. The number of hydrogen-bond donors (Lipinski definition) is 1. The third-order valence-electron chi connectivity index (χ3n) is 4.34. The number of rotatable bonds is 7. The van der Waals surface area contributed by atoms with Crippen LogP contribution in [0.25, 0.3) is 0 Å². The van der Waals surface area contributed by atoms with Crippen molar-refractivity contribution in [2.45, 2.75) is 36.8 Å². The maximum atomic E-state index is 6.15. The van der Waals surface area contributed by atoms with Crippen molar-refractivity contribution < 1.29 is 4.74 Å². The second-order valence-corrected chi connectivity index (χ2v) is 8.93. The van der Waals surface area contributed by atoms with Crippen LogP contribution in [0.15, 0.2) is 70.1 Å². The molecule has 0 saturated carbocycles. The van der Waals surface area contributed by atoms with E-state index in [1.807, 2.05) is 61.1 Å². The van der Waals surface area contributed by atoms with Gasteiger partial charge in [-0.1, -0.05) is 24.3 Å². The van der Waals surface area contributed by atoms with Gasteiger partial charge in [0.25, 0.3) is 0 Å². The highest BCUT2D eigenvalue weighted by atomic mass is 32.2. The molecule has 1 aromatic carbocycles. The smallest absolute Gasteiger partial charge is 0.188 e. The molecule has 1 N–H and O–H groups in total. The molecule has 2 aromatic heterocycles. The van der Waals surface area contributed by atoms with E-state index in [2.05, 4.69) is 33.3 Å². The first-order valence-electron chi connectivity index (χ1n) is 9.48. The fourth-order valence-electron chi connectivity index (χ4n) is 2.89. The maximum Gasteiger partial charge on any atom is 0.188 e. The highest BCUT2D eigenvalue weighted by molar-refractivity contribution is 8.00. The molecular weight excluding hydrogens is 400 g/mol. The molecule has 0 saturated heterocycles. The normalized spacial score (nSPS) is 14.3. The van der Waals surface area contributed by atoms with Crippen LogP contribution in [0, 0.1) is 6.92 Å². The SMILES string of the molecule is Cc1csc(Nc2ncc(SC(C)C3=NC=CCC3)cc2Oc2ccccc2)n1. The summed E-state index contributed by atoms with van der Waals surface area (Å²) in [6.45, 7) is 4.16. The van der Waals surface area contributed by atoms with Gasteiger partial charge in [0.15, 0.2) is 16.7 Å². The molecule has 0 aliphatic carbocycles. The summed E-state index contributed by atoms with van der Waals surface area (Å²) in [5.41, 5.74) is 2.19. The third kappa shape index (κ3) is 5.25. The molecule has 0 bridgehead atoms. The first-order valence-corrected chi connectivity index (χ1v) is 11.2. The lowest BCUT2D eigenvalue weighted by Gasteiger charge is -2.17. The number of pyridine rings is 1. The molecule has 0 fully saturated rings. The van der Waals surface area contributed by atoms with E-state index in [0.29, 0.717) is 11.6 Å². The number of benzene rings is 1. The largest absolute Gasteiger partial charge is 0.453 e. The highest BCUT2D eigenvalue weighted by Crippen LogP contribution is 2.36. The van der Waals surface area contributed by atoms with Gasteiger partial charge in [0.2, 0.25) is 0 Å². The first kappa shape index (κ1) is 19.7. The lowest BCUT2D eigenvalue weighted by Crippen LogP contribution is -2.14. The van der Waals surface area contributed by atoms with E-state index in [-0.39, 0.29) is 5.25 Å². The first-order chi connectivity index (χ1) is 14.2. The minimum atomic E-state index is 0.284. The predicted molar refractivity (Wildman–Crippen MR) is 122 cm³/mol. The number of nitrogens with zero attached hydrogens (tertiary/aromatic N) is 3. The molecule has 3 heterocycles. The summed E-state index contributed by atoms with van der Waals surface area (Å²) in [6, 6.07) is 11.8. The van der Waals surface area contributed by atoms with Crippen LogP contribution < -0.4 is 10.1 Å². The van der Waals surface area contributed by atoms with Crippen molar-refractivity contribution in [3.63, 3.8) is 0 Å².